The molecule has 4 nitrogen and oxygen atoms in total. The van der Waals surface area contributed by atoms with Gasteiger partial charge in [-0.1, -0.05) is 23.7 Å². The molecule has 110 valence electrons. The topological polar surface area (TPSA) is 53.4 Å². The predicted molar refractivity (Wildman–Crippen MR) is 82.6 cm³/mol. The lowest BCUT2D eigenvalue weighted by molar-refractivity contribution is 0.0737. The van der Waals surface area contributed by atoms with Crippen molar-refractivity contribution < 1.29 is 9.90 Å². The molecule has 5 heteroatoms. The van der Waals surface area contributed by atoms with E-state index < -0.39 is 0 Å². The number of pyridine rings is 1. The van der Waals surface area contributed by atoms with Crippen molar-refractivity contribution in [3.8, 4) is 5.75 Å². The molecule has 1 N–H and O–H groups in total. The SMILES string of the molecule is CC(Cc1ccc(O)cc1)N(C)C(=O)c1ccc(Cl)cn1. The molecule has 2 aromatic rings. The zero-order valence-corrected chi connectivity index (χ0v) is 12.7. The minimum atomic E-state index is -0.141. The number of benzene rings is 1. The molecular formula is C16H17ClN2O2. The molecule has 0 saturated heterocycles. The standard InChI is InChI=1S/C16H17ClN2O2/c1-11(9-12-3-6-14(20)7-4-12)19(2)16(21)15-8-5-13(17)10-18-15/h3-8,10-11,20H,9H2,1-2H3. The molecule has 2 rings (SSSR count). The highest BCUT2D eigenvalue weighted by Crippen LogP contribution is 2.14. The third-order valence-corrected chi connectivity index (χ3v) is 3.62. The Bertz CT molecular complexity index is 611. The van der Waals surface area contributed by atoms with Crippen LogP contribution in [0.2, 0.25) is 5.02 Å². The number of phenols is 1. The Morgan fingerprint density at radius 1 is 1.29 bits per heavy atom. The van der Waals surface area contributed by atoms with E-state index in [4.69, 9.17) is 11.6 Å². The second-order valence-corrected chi connectivity index (χ2v) is 5.43. The van der Waals surface area contributed by atoms with Gasteiger partial charge in [0.05, 0.1) is 5.02 Å². The zero-order valence-electron chi connectivity index (χ0n) is 12.0. The molecule has 1 amide bonds. The van der Waals surface area contributed by atoms with E-state index in [2.05, 4.69) is 4.98 Å². The van der Waals surface area contributed by atoms with Crippen LogP contribution in [0.5, 0.6) is 5.75 Å². The van der Waals surface area contributed by atoms with Gasteiger partial charge < -0.3 is 10.0 Å². The van der Waals surface area contributed by atoms with Gasteiger partial charge in [-0.25, -0.2) is 4.98 Å². The quantitative estimate of drug-likeness (QED) is 0.944. The van der Waals surface area contributed by atoms with Gasteiger partial charge in [0.2, 0.25) is 0 Å². The fourth-order valence-corrected chi connectivity index (χ4v) is 2.11. The largest absolute Gasteiger partial charge is 0.508 e. The monoisotopic (exact) mass is 304 g/mol. The second kappa shape index (κ2) is 6.59. The van der Waals surface area contributed by atoms with Crippen LogP contribution in [-0.4, -0.2) is 34.0 Å². The number of aromatic nitrogens is 1. The van der Waals surface area contributed by atoms with Crippen LogP contribution in [0.4, 0.5) is 0 Å². The molecule has 0 fully saturated rings. The average Bonchev–Trinajstić information content (AvgIpc) is 2.49. The van der Waals surface area contributed by atoms with E-state index in [-0.39, 0.29) is 17.7 Å². The van der Waals surface area contributed by atoms with E-state index >= 15 is 0 Å². The molecule has 0 aliphatic rings. The fourth-order valence-electron chi connectivity index (χ4n) is 1.99. The summed E-state index contributed by atoms with van der Waals surface area (Å²) < 4.78 is 0. The summed E-state index contributed by atoms with van der Waals surface area (Å²) in [6.07, 6.45) is 2.17. The molecule has 1 unspecified atom stereocenters. The highest BCUT2D eigenvalue weighted by atomic mass is 35.5. The molecule has 0 aliphatic carbocycles. The maximum atomic E-state index is 12.3. The van der Waals surface area contributed by atoms with E-state index in [9.17, 15) is 9.90 Å². The first kappa shape index (κ1) is 15.3. The number of halogens is 1. The molecule has 1 aromatic heterocycles. The number of aromatic hydroxyl groups is 1. The third-order valence-electron chi connectivity index (χ3n) is 3.40. The number of phenolic OH excluding ortho intramolecular Hbond substituents is 1. The highest BCUT2D eigenvalue weighted by molar-refractivity contribution is 6.30. The number of amides is 1. The maximum Gasteiger partial charge on any atom is 0.272 e. The second-order valence-electron chi connectivity index (χ2n) is 5.00. The Hall–Kier alpha value is -2.07. The summed E-state index contributed by atoms with van der Waals surface area (Å²) in [6.45, 7) is 1.97. The summed E-state index contributed by atoms with van der Waals surface area (Å²) >= 11 is 5.77. The first-order valence-electron chi connectivity index (χ1n) is 6.64. The Morgan fingerprint density at radius 3 is 2.52 bits per heavy atom. The van der Waals surface area contributed by atoms with E-state index in [1.165, 1.54) is 6.20 Å². The molecule has 0 saturated carbocycles. The first-order chi connectivity index (χ1) is 9.97. The van der Waals surface area contributed by atoms with Gasteiger partial charge in [-0.05, 0) is 43.2 Å². The lowest BCUT2D eigenvalue weighted by atomic mass is 10.1. The Labute approximate surface area is 129 Å². The minimum Gasteiger partial charge on any atom is -0.508 e. The lowest BCUT2D eigenvalue weighted by Crippen LogP contribution is -2.36. The summed E-state index contributed by atoms with van der Waals surface area (Å²) in [5.41, 5.74) is 1.43. The predicted octanol–water partition coefficient (Wildman–Crippen LogP) is 3.14. The van der Waals surface area contributed by atoms with E-state index in [1.54, 1.807) is 36.2 Å². The van der Waals surface area contributed by atoms with Crippen molar-refractivity contribution in [2.75, 3.05) is 7.05 Å². The van der Waals surface area contributed by atoms with Gasteiger partial charge in [0, 0.05) is 19.3 Å². The fraction of sp³-hybridized carbons (Fsp3) is 0.250. The van der Waals surface area contributed by atoms with Gasteiger partial charge >= 0.3 is 0 Å². The summed E-state index contributed by atoms with van der Waals surface area (Å²) in [6, 6.07) is 10.3. The maximum absolute atomic E-state index is 12.3. The molecule has 0 aliphatic heterocycles. The van der Waals surface area contributed by atoms with Crippen molar-refractivity contribution in [3.05, 3.63) is 58.9 Å². The van der Waals surface area contributed by atoms with Crippen LogP contribution < -0.4 is 0 Å². The van der Waals surface area contributed by atoms with Crippen LogP contribution in [0.25, 0.3) is 0 Å². The van der Waals surface area contributed by atoms with Crippen molar-refractivity contribution in [3.63, 3.8) is 0 Å². The molecule has 21 heavy (non-hydrogen) atoms. The number of carbonyl (C=O) groups is 1. The summed E-state index contributed by atoms with van der Waals surface area (Å²) in [5.74, 6) is 0.0964. The third kappa shape index (κ3) is 3.95. The smallest absolute Gasteiger partial charge is 0.272 e. The molecule has 1 atom stereocenters. The molecule has 0 spiro atoms. The van der Waals surface area contributed by atoms with E-state index in [0.717, 1.165) is 5.56 Å². The Kier molecular flexibility index (Phi) is 4.81. The Morgan fingerprint density at radius 2 is 1.95 bits per heavy atom. The van der Waals surface area contributed by atoms with Crippen LogP contribution in [0.3, 0.4) is 0 Å². The number of carbonyl (C=O) groups excluding carboxylic acids is 1. The summed E-state index contributed by atoms with van der Waals surface area (Å²) in [7, 11) is 1.75. The van der Waals surface area contributed by atoms with Crippen molar-refractivity contribution in [2.24, 2.45) is 0 Å². The summed E-state index contributed by atoms with van der Waals surface area (Å²) in [5, 5.41) is 9.78. The van der Waals surface area contributed by atoms with Gasteiger partial charge in [-0.15, -0.1) is 0 Å². The lowest BCUT2D eigenvalue weighted by Gasteiger charge is -2.24. The molecular weight excluding hydrogens is 288 g/mol. The number of likely N-dealkylation sites (N-methyl/N-ethyl adjacent to an activating group) is 1. The summed E-state index contributed by atoms with van der Waals surface area (Å²) in [4.78, 5) is 18.0. The van der Waals surface area contributed by atoms with Gasteiger partial charge in [-0.2, -0.15) is 0 Å². The van der Waals surface area contributed by atoms with Gasteiger partial charge in [0.1, 0.15) is 11.4 Å². The van der Waals surface area contributed by atoms with Crippen LogP contribution in [0.1, 0.15) is 23.0 Å². The van der Waals surface area contributed by atoms with E-state index in [1.807, 2.05) is 19.1 Å². The zero-order chi connectivity index (χ0) is 15.4. The van der Waals surface area contributed by atoms with E-state index in [0.29, 0.717) is 17.1 Å². The van der Waals surface area contributed by atoms with Crippen LogP contribution in [-0.2, 0) is 6.42 Å². The molecule has 0 bridgehead atoms. The van der Waals surface area contributed by atoms with Gasteiger partial charge in [0.15, 0.2) is 0 Å². The number of nitrogens with zero attached hydrogens (tertiary/aromatic N) is 2. The number of hydrogen-bond acceptors (Lipinski definition) is 3. The van der Waals surface area contributed by atoms with Gasteiger partial charge in [0.25, 0.3) is 5.91 Å². The van der Waals surface area contributed by atoms with Crippen molar-refractivity contribution >= 4 is 17.5 Å². The van der Waals surface area contributed by atoms with Crippen LogP contribution in [0, 0.1) is 0 Å². The number of hydrogen-bond donors (Lipinski definition) is 1. The minimum absolute atomic E-state index is 0.0134. The molecule has 1 heterocycles. The van der Waals surface area contributed by atoms with Crippen LogP contribution >= 0.6 is 11.6 Å². The highest BCUT2D eigenvalue weighted by Gasteiger charge is 2.18. The van der Waals surface area contributed by atoms with Crippen molar-refractivity contribution in [1.82, 2.24) is 9.88 Å². The number of rotatable bonds is 4. The molecule has 0 radical (unpaired) electrons. The van der Waals surface area contributed by atoms with Gasteiger partial charge in [-0.3, -0.25) is 4.79 Å². The van der Waals surface area contributed by atoms with Crippen LogP contribution in [0.15, 0.2) is 42.6 Å². The normalized spacial score (nSPS) is 12.0. The first-order valence-corrected chi connectivity index (χ1v) is 7.02. The Balaban J connectivity index is 2.04. The molecule has 1 aromatic carbocycles. The van der Waals surface area contributed by atoms with Crippen molar-refractivity contribution in [2.45, 2.75) is 19.4 Å². The van der Waals surface area contributed by atoms with Crippen molar-refractivity contribution in [1.29, 1.82) is 0 Å². The average molecular weight is 305 g/mol.